The lowest BCUT2D eigenvalue weighted by Gasteiger charge is -2.34. The Morgan fingerprint density at radius 3 is 3.20 bits per heavy atom. The van der Waals surface area contributed by atoms with Gasteiger partial charge in [0.15, 0.2) is 4.96 Å². The van der Waals surface area contributed by atoms with Gasteiger partial charge in [-0.3, -0.25) is 4.40 Å². The standard InChI is InChI=1S/C17H22N6OS/c1-2-15-18-5-7-23(15)14-4-3-6-21(12-14)16(24)19-10-13-11-22-8-9-25-17(22)20-13/h5,7-9,11,14H,2-4,6,10,12H2,1H3,(H,19,24). The summed E-state index contributed by atoms with van der Waals surface area (Å²) in [6.07, 6.45) is 10.8. The summed E-state index contributed by atoms with van der Waals surface area (Å²) in [6, 6.07) is 0.300. The van der Waals surface area contributed by atoms with Crippen molar-refractivity contribution < 1.29 is 4.79 Å². The summed E-state index contributed by atoms with van der Waals surface area (Å²) < 4.78 is 4.21. The van der Waals surface area contributed by atoms with E-state index in [1.54, 1.807) is 11.3 Å². The predicted molar refractivity (Wildman–Crippen MR) is 96.8 cm³/mol. The smallest absolute Gasteiger partial charge is 0.317 e. The molecule has 25 heavy (non-hydrogen) atoms. The van der Waals surface area contributed by atoms with Crippen molar-refractivity contribution >= 4 is 22.3 Å². The van der Waals surface area contributed by atoms with Crippen molar-refractivity contribution in [2.75, 3.05) is 13.1 Å². The normalized spacial score (nSPS) is 18.0. The fourth-order valence-corrected chi connectivity index (χ4v) is 4.17. The van der Waals surface area contributed by atoms with E-state index in [4.69, 9.17) is 0 Å². The fourth-order valence-electron chi connectivity index (χ4n) is 3.46. The van der Waals surface area contributed by atoms with Crippen molar-refractivity contribution in [3.8, 4) is 0 Å². The van der Waals surface area contributed by atoms with Crippen molar-refractivity contribution in [2.45, 2.75) is 38.8 Å². The highest BCUT2D eigenvalue weighted by atomic mass is 32.1. The molecule has 0 bridgehead atoms. The highest BCUT2D eigenvalue weighted by Crippen LogP contribution is 2.23. The van der Waals surface area contributed by atoms with Crippen LogP contribution in [0, 0.1) is 0 Å². The maximum Gasteiger partial charge on any atom is 0.317 e. The number of nitrogens with one attached hydrogen (secondary N) is 1. The number of rotatable bonds is 4. The molecule has 4 heterocycles. The van der Waals surface area contributed by atoms with E-state index in [1.807, 2.05) is 39.5 Å². The number of nitrogens with zero attached hydrogens (tertiary/aromatic N) is 5. The van der Waals surface area contributed by atoms with Gasteiger partial charge in [0.05, 0.1) is 18.3 Å². The van der Waals surface area contributed by atoms with E-state index in [-0.39, 0.29) is 6.03 Å². The molecule has 2 amide bonds. The summed E-state index contributed by atoms with van der Waals surface area (Å²) in [7, 11) is 0. The van der Waals surface area contributed by atoms with Crippen LogP contribution < -0.4 is 5.32 Å². The van der Waals surface area contributed by atoms with E-state index in [0.717, 1.165) is 48.8 Å². The van der Waals surface area contributed by atoms with E-state index in [9.17, 15) is 4.79 Å². The van der Waals surface area contributed by atoms with Crippen LogP contribution in [0.2, 0.25) is 0 Å². The van der Waals surface area contributed by atoms with Crippen molar-refractivity contribution in [3.05, 3.63) is 41.7 Å². The van der Waals surface area contributed by atoms with Gasteiger partial charge in [-0.25, -0.2) is 14.8 Å². The van der Waals surface area contributed by atoms with Gasteiger partial charge in [-0.15, -0.1) is 11.3 Å². The number of hydrogen-bond acceptors (Lipinski definition) is 4. The van der Waals surface area contributed by atoms with Crippen LogP contribution in [0.15, 0.2) is 30.2 Å². The Balaban J connectivity index is 1.37. The minimum Gasteiger partial charge on any atom is -0.332 e. The summed E-state index contributed by atoms with van der Waals surface area (Å²) in [5.74, 6) is 1.09. The van der Waals surface area contributed by atoms with Gasteiger partial charge in [0, 0.05) is 49.7 Å². The lowest BCUT2D eigenvalue weighted by Crippen LogP contribution is -2.45. The van der Waals surface area contributed by atoms with Gasteiger partial charge in [0.1, 0.15) is 5.82 Å². The maximum absolute atomic E-state index is 12.6. The average molecular weight is 358 g/mol. The van der Waals surface area contributed by atoms with E-state index >= 15 is 0 Å². The first-order valence-corrected chi connectivity index (χ1v) is 9.58. The monoisotopic (exact) mass is 358 g/mol. The first-order valence-electron chi connectivity index (χ1n) is 8.70. The number of urea groups is 1. The zero-order chi connectivity index (χ0) is 17.2. The minimum atomic E-state index is -0.0146. The molecule has 132 valence electrons. The van der Waals surface area contributed by atoms with Crippen LogP contribution >= 0.6 is 11.3 Å². The topological polar surface area (TPSA) is 67.5 Å². The molecular formula is C17H22N6OS. The first-order chi connectivity index (χ1) is 12.2. The second-order valence-electron chi connectivity index (χ2n) is 6.33. The second kappa shape index (κ2) is 6.87. The van der Waals surface area contributed by atoms with Crippen LogP contribution in [-0.4, -0.2) is 43.0 Å². The first kappa shape index (κ1) is 16.1. The molecule has 0 radical (unpaired) electrons. The molecule has 0 saturated carbocycles. The van der Waals surface area contributed by atoms with Gasteiger partial charge < -0.3 is 14.8 Å². The van der Waals surface area contributed by atoms with E-state index in [1.165, 1.54) is 0 Å². The summed E-state index contributed by atoms with van der Waals surface area (Å²) in [5, 5.41) is 5.00. The molecule has 1 aliphatic heterocycles. The number of carbonyl (C=O) groups is 1. The number of amides is 2. The SMILES string of the molecule is CCc1nccn1C1CCCN(C(=O)NCc2cn3ccsc3n2)C1. The molecule has 0 aliphatic carbocycles. The van der Waals surface area contributed by atoms with Gasteiger partial charge in [-0.05, 0) is 12.8 Å². The van der Waals surface area contributed by atoms with Crippen LogP contribution in [0.1, 0.15) is 37.3 Å². The molecule has 0 spiro atoms. The van der Waals surface area contributed by atoms with Crippen molar-refractivity contribution in [1.82, 2.24) is 29.2 Å². The Bertz CT molecular complexity index is 837. The molecule has 3 aromatic rings. The van der Waals surface area contributed by atoms with Crippen LogP contribution in [-0.2, 0) is 13.0 Å². The number of imidazole rings is 2. The lowest BCUT2D eigenvalue weighted by atomic mass is 10.1. The number of thiazole rings is 1. The predicted octanol–water partition coefficient (Wildman–Crippen LogP) is 2.70. The number of carbonyl (C=O) groups excluding carboxylic acids is 1. The van der Waals surface area contributed by atoms with Crippen LogP contribution in [0.5, 0.6) is 0 Å². The number of aryl methyl sites for hydroxylation is 1. The zero-order valence-corrected chi connectivity index (χ0v) is 15.1. The third kappa shape index (κ3) is 3.26. The third-order valence-corrected chi connectivity index (χ3v) is 5.48. The molecule has 7 nitrogen and oxygen atoms in total. The van der Waals surface area contributed by atoms with Gasteiger partial charge >= 0.3 is 6.03 Å². The Morgan fingerprint density at radius 1 is 1.44 bits per heavy atom. The van der Waals surface area contributed by atoms with Crippen molar-refractivity contribution in [1.29, 1.82) is 0 Å². The van der Waals surface area contributed by atoms with Gasteiger partial charge in [-0.1, -0.05) is 6.92 Å². The Hall–Kier alpha value is -2.35. The van der Waals surface area contributed by atoms with Gasteiger partial charge in [-0.2, -0.15) is 0 Å². The van der Waals surface area contributed by atoms with Crippen molar-refractivity contribution in [3.63, 3.8) is 0 Å². The molecule has 4 rings (SSSR count). The summed E-state index contributed by atoms with van der Waals surface area (Å²) in [4.78, 5) is 24.3. The van der Waals surface area contributed by atoms with Gasteiger partial charge in [0.2, 0.25) is 0 Å². The largest absolute Gasteiger partial charge is 0.332 e. The zero-order valence-electron chi connectivity index (χ0n) is 14.3. The molecule has 0 aromatic carbocycles. The molecule has 1 atom stereocenters. The number of hydrogen-bond donors (Lipinski definition) is 1. The Kier molecular flexibility index (Phi) is 4.44. The van der Waals surface area contributed by atoms with E-state index < -0.39 is 0 Å². The number of aromatic nitrogens is 4. The van der Waals surface area contributed by atoms with Gasteiger partial charge in [0.25, 0.3) is 0 Å². The molecular weight excluding hydrogens is 336 g/mol. The van der Waals surface area contributed by atoms with Crippen LogP contribution in [0.25, 0.3) is 4.96 Å². The van der Waals surface area contributed by atoms with Crippen LogP contribution in [0.4, 0.5) is 4.79 Å². The molecule has 1 unspecified atom stereocenters. The number of piperidine rings is 1. The highest BCUT2D eigenvalue weighted by molar-refractivity contribution is 7.15. The second-order valence-corrected chi connectivity index (χ2v) is 7.20. The Labute approximate surface area is 150 Å². The van der Waals surface area contributed by atoms with E-state index in [0.29, 0.717) is 12.6 Å². The Morgan fingerprint density at radius 2 is 2.36 bits per heavy atom. The average Bonchev–Trinajstić information content (AvgIpc) is 3.34. The summed E-state index contributed by atoms with van der Waals surface area (Å²) >= 11 is 1.59. The quantitative estimate of drug-likeness (QED) is 0.780. The fraction of sp³-hybridized carbons (Fsp3) is 0.471. The number of likely N-dealkylation sites (tertiary alicyclic amines) is 1. The van der Waals surface area contributed by atoms with E-state index in [2.05, 4.69) is 26.8 Å². The maximum atomic E-state index is 12.6. The minimum absolute atomic E-state index is 0.0146. The highest BCUT2D eigenvalue weighted by Gasteiger charge is 2.25. The molecule has 8 heteroatoms. The lowest BCUT2D eigenvalue weighted by molar-refractivity contribution is 0.165. The molecule has 1 fully saturated rings. The molecule has 3 aromatic heterocycles. The molecule has 1 saturated heterocycles. The summed E-state index contributed by atoms with van der Waals surface area (Å²) in [5.41, 5.74) is 0.886. The molecule has 1 N–H and O–H groups in total. The van der Waals surface area contributed by atoms with Crippen LogP contribution in [0.3, 0.4) is 0 Å². The third-order valence-electron chi connectivity index (χ3n) is 4.71. The van der Waals surface area contributed by atoms with Crippen molar-refractivity contribution in [2.24, 2.45) is 0 Å². The summed E-state index contributed by atoms with van der Waals surface area (Å²) in [6.45, 7) is 4.10. The molecule has 1 aliphatic rings. The number of fused-ring (bicyclic) bond motifs is 1.